The quantitative estimate of drug-likeness (QED) is 0.725. The molecule has 0 saturated heterocycles. The number of aromatic nitrogens is 3. The molecule has 5 nitrogen and oxygen atoms in total. The summed E-state index contributed by atoms with van der Waals surface area (Å²) in [6.45, 7) is 2.21. The van der Waals surface area contributed by atoms with Gasteiger partial charge in [0.25, 0.3) is 0 Å². The number of para-hydroxylation sites is 1. The second-order valence-corrected chi connectivity index (χ2v) is 7.78. The van der Waals surface area contributed by atoms with Crippen LogP contribution in [0.2, 0.25) is 0 Å². The van der Waals surface area contributed by atoms with Gasteiger partial charge in [0.1, 0.15) is 5.69 Å². The Kier molecular flexibility index (Phi) is 2.42. The predicted molar refractivity (Wildman–Crippen MR) is 85.0 cm³/mol. The Morgan fingerprint density at radius 3 is 3.04 bits per heavy atom. The molecule has 0 unspecified atom stereocenters. The molecule has 0 spiro atoms. The number of rotatable bonds is 2. The number of aromatic carboxylic acids is 1. The summed E-state index contributed by atoms with van der Waals surface area (Å²) >= 11 is 1.54. The van der Waals surface area contributed by atoms with Crippen molar-refractivity contribution in [2.45, 2.75) is 37.5 Å². The molecule has 1 aromatic carbocycles. The third-order valence-electron chi connectivity index (χ3n) is 5.30. The van der Waals surface area contributed by atoms with Crippen molar-refractivity contribution in [1.29, 1.82) is 0 Å². The summed E-state index contributed by atoms with van der Waals surface area (Å²) in [6.07, 6.45) is 3.12. The van der Waals surface area contributed by atoms with E-state index in [1.165, 1.54) is 0 Å². The molecule has 3 aromatic rings. The number of benzene rings is 1. The highest BCUT2D eigenvalue weighted by molar-refractivity contribution is 7.20. The minimum absolute atomic E-state index is 0.00143. The van der Waals surface area contributed by atoms with Gasteiger partial charge in [-0.05, 0) is 37.3 Å². The Morgan fingerprint density at radius 2 is 2.26 bits per heavy atom. The van der Waals surface area contributed by atoms with Crippen molar-refractivity contribution in [2.24, 2.45) is 0 Å². The maximum atomic E-state index is 11.6. The summed E-state index contributed by atoms with van der Waals surface area (Å²) in [5.41, 5.74) is 2.94. The molecule has 2 aliphatic rings. The molecular formula is C17H14N3O2S-. The number of carbonyl (C=O) groups excluding carboxylic acids is 1. The normalized spacial score (nSPS) is 25.2. The molecule has 0 radical (unpaired) electrons. The van der Waals surface area contributed by atoms with Crippen LogP contribution in [0.3, 0.4) is 0 Å². The number of thiazole rings is 1. The number of carbonyl (C=O) groups is 1. The maximum Gasteiger partial charge on any atom is 0.211 e. The Balaban J connectivity index is 1.80. The van der Waals surface area contributed by atoms with Crippen molar-refractivity contribution in [1.82, 2.24) is 14.8 Å². The lowest BCUT2D eigenvalue weighted by Crippen LogP contribution is -2.24. The zero-order valence-corrected chi connectivity index (χ0v) is 13.4. The van der Waals surface area contributed by atoms with Gasteiger partial charge in [0, 0.05) is 11.0 Å². The molecule has 1 saturated carbocycles. The molecule has 6 heteroatoms. The SMILES string of the molecule is C[C@]12CC[C@H](C1)c1c(C(=O)[O-])nn(-c3nc4ccccc4s3)c12. The van der Waals surface area contributed by atoms with E-state index < -0.39 is 5.97 Å². The summed E-state index contributed by atoms with van der Waals surface area (Å²) in [7, 11) is 0. The smallest absolute Gasteiger partial charge is 0.211 e. The molecule has 2 aliphatic carbocycles. The second-order valence-electron chi connectivity index (χ2n) is 6.77. The second kappa shape index (κ2) is 4.20. The average Bonchev–Trinajstić information content (AvgIpc) is 3.24. The third-order valence-corrected chi connectivity index (χ3v) is 6.31. The summed E-state index contributed by atoms with van der Waals surface area (Å²) in [4.78, 5) is 16.2. The zero-order valence-electron chi connectivity index (χ0n) is 12.6. The van der Waals surface area contributed by atoms with Crippen LogP contribution in [0, 0.1) is 0 Å². The largest absolute Gasteiger partial charge is 0.543 e. The lowest BCUT2D eigenvalue weighted by Gasteiger charge is -2.23. The van der Waals surface area contributed by atoms with Gasteiger partial charge >= 0.3 is 0 Å². The van der Waals surface area contributed by atoms with E-state index in [0.717, 1.165) is 45.9 Å². The Morgan fingerprint density at radius 1 is 1.43 bits per heavy atom. The summed E-state index contributed by atoms with van der Waals surface area (Å²) < 4.78 is 2.85. The predicted octanol–water partition coefficient (Wildman–Crippen LogP) is 2.38. The molecular weight excluding hydrogens is 310 g/mol. The molecule has 116 valence electrons. The first kappa shape index (κ1) is 13.2. The Hall–Kier alpha value is -2.21. The van der Waals surface area contributed by atoms with Crippen LogP contribution in [-0.4, -0.2) is 20.7 Å². The van der Waals surface area contributed by atoms with Crippen molar-refractivity contribution in [3.05, 3.63) is 41.2 Å². The molecule has 0 aliphatic heterocycles. The van der Waals surface area contributed by atoms with Gasteiger partial charge < -0.3 is 9.90 Å². The van der Waals surface area contributed by atoms with Crippen LogP contribution in [0.1, 0.15) is 53.8 Å². The van der Waals surface area contributed by atoms with Gasteiger partial charge in [-0.2, -0.15) is 5.10 Å². The summed E-state index contributed by atoms with van der Waals surface area (Å²) in [5, 5.41) is 16.7. The minimum atomic E-state index is -1.18. The first-order chi connectivity index (χ1) is 11.1. The number of nitrogens with zero attached hydrogens (tertiary/aromatic N) is 3. The summed E-state index contributed by atoms with van der Waals surface area (Å²) in [5.74, 6) is -0.886. The van der Waals surface area contributed by atoms with Crippen molar-refractivity contribution in [2.75, 3.05) is 0 Å². The highest BCUT2D eigenvalue weighted by atomic mass is 32.1. The first-order valence-corrected chi connectivity index (χ1v) is 8.59. The van der Waals surface area contributed by atoms with Gasteiger partial charge in [-0.15, -0.1) is 0 Å². The first-order valence-electron chi connectivity index (χ1n) is 7.77. The Bertz CT molecular complexity index is 941. The van der Waals surface area contributed by atoms with E-state index in [1.807, 2.05) is 24.3 Å². The number of carboxylic acids is 1. The molecule has 2 aromatic heterocycles. The standard InChI is InChI=1S/C17H15N3O2S/c1-17-7-6-9(8-17)12-13(15(21)22)19-20(14(12)17)16-18-10-4-2-3-5-11(10)23-16/h2-5,9H,6-8H2,1H3,(H,21,22)/p-1/t9-,17+/m1/s1. The lowest BCUT2D eigenvalue weighted by molar-refractivity contribution is -0.255. The number of hydrogen-bond acceptors (Lipinski definition) is 5. The van der Waals surface area contributed by atoms with Gasteiger partial charge in [-0.25, -0.2) is 9.67 Å². The lowest BCUT2D eigenvalue weighted by atomic mass is 9.85. The van der Waals surface area contributed by atoms with Gasteiger partial charge in [-0.3, -0.25) is 0 Å². The van der Waals surface area contributed by atoms with E-state index in [9.17, 15) is 9.90 Å². The van der Waals surface area contributed by atoms with Crippen LogP contribution in [0.25, 0.3) is 15.3 Å². The van der Waals surface area contributed by atoms with E-state index in [4.69, 9.17) is 0 Å². The van der Waals surface area contributed by atoms with Gasteiger partial charge in [-0.1, -0.05) is 30.4 Å². The molecule has 2 bridgehead atoms. The van der Waals surface area contributed by atoms with E-state index in [2.05, 4.69) is 17.0 Å². The van der Waals surface area contributed by atoms with Crippen LogP contribution in [0.15, 0.2) is 24.3 Å². The van der Waals surface area contributed by atoms with Gasteiger partial charge in [0.05, 0.1) is 21.9 Å². The molecule has 2 heterocycles. The van der Waals surface area contributed by atoms with E-state index in [-0.39, 0.29) is 11.1 Å². The molecule has 0 amide bonds. The number of fused-ring (bicyclic) bond motifs is 6. The monoisotopic (exact) mass is 324 g/mol. The topological polar surface area (TPSA) is 70.8 Å². The highest BCUT2D eigenvalue weighted by Crippen LogP contribution is 2.58. The van der Waals surface area contributed by atoms with Crippen LogP contribution in [0.5, 0.6) is 0 Å². The number of carboxylic acid groups (broad SMARTS) is 1. The summed E-state index contributed by atoms with van der Waals surface area (Å²) in [6, 6.07) is 7.92. The van der Waals surface area contributed by atoms with Crippen molar-refractivity contribution in [3.63, 3.8) is 0 Å². The fourth-order valence-corrected chi connectivity index (χ4v) is 5.26. The van der Waals surface area contributed by atoms with Gasteiger partial charge in [0.15, 0.2) is 0 Å². The average molecular weight is 324 g/mol. The van der Waals surface area contributed by atoms with Crippen LogP contribution < -0.4 is 5.11 Å². The molecule has 5 rings (SSSR count). The van der Waals surface area contributed by atoms with Crippen molar-refractivity contribution in [3.8, 4) is 5.13 Å². The highest BCUT2D eigenvalue weighted by Gasteiger charge is 2.51. The van der Waals surface area contributed by atoms with Crippen molar-refractivity contribution < 1.29 is 9.90 Å². The van der Waals surface area contributed by atoms with E-state index >= 15 is 0 Å². The third kappa shape index (κ3) is 1.64. The fourth-order valence-electron chi connectivity index (χ4n) is 4.34. The molecule has 23 heavy (non-hydrogen) atoms. The Labute approximate surface area is 136 Å². The minimum Gasteiger partial charge on any atom is -0.543 e. The fraction of sp³-hybridized carbons (Fsp3) is 0.353. The zero-order chi connectivity index (χ0) is 15.8. The van der Waals surface area contributed by atoms with E-state index in [1.54, 1.807) is 16.0 Å². The molecule has 2 atom stereocenters. The van der Waals surface area contributed by atoms with E-state index in [0.29, 0.717) is 5.92 Å². The van der Waals surface area contributed by atoms with Crippen LogP contribution >= 0.6 is 11.3 Å². The maximum absolute atomic E-state index is 11.6. The van der Waals surface area contributed by atoms with Crippen LogP contribution in [0.4, 0.5) is 0 Å². The van der Waals surface area contributed by atoms with Crippen molar-refractivity contribution >= 4 is 27.5 Å². The van der Waals surface area contributed by atoms with Gasteiger partial charge in [0.2, 0.25) is 5.13 Å². The van der Waals surface area contributed by atoms with Crippen LogP contribution in [-0.2, 0) is 5.41 Å². The number of hydrogen-bond donors (Lipinski definition) is 0. The molecule has 1 fully saturated rings. The molecule has 0 N–H and O–H groups in total.